The van der Waals surface area contributed by atoms with Gasteiger partial charge in [0.05, 0.1) is 16.0 Å². The van der Waals surface area contributed by atoms with E-state index in [-0.39, 0.29) is 11.0 Å². The predicted molar refractivity (Wildman–Crippen MR) is 124 cm³/mol. The largest absolute Gasteiger partial charge is 0.365 e. The van der Waals surface area contributed by atoms with Gasteiger partial charge in [0.15, 0.2) is 5.65 Å². The number of nitrogens with two attached hydrogens (primary N) is 1. The number of carbonyl (C=O) groups is 1. The number of thiazole rings is 1. The molecule has 1 saturated heterocycles. The van der Waals surface area contributed by atoms with Crippen molar-refractivity contribution in [3.63, 3.8) is 0 Å². The van der Waals surface area contributed by atoms with E-state index in [4.69, 9.17) is 10.7 Å². The van der Waals surface area contributed by atoms with E-state index in [0.717, 1.165) is 49.0 Å². The highest BCUT2D eigenvalue weighted by atomic mass is 32.1. The Balaban J connectivity index is 2.05. The normalized spacial score (nSPS) is 15.9. The third kappa shape index (κ3) is 3.32. The lowest BCUT2D eigenvalue weighted by molar-refractivity contribution is 0.100. The van der Waals surface area contributed by atoms with Gasteiger partial charge >= 0.3 is 0 Å². The lowest BCUT2D eigenvalue weighted by atomic mass is 10.1. The molecule has 0 saturated carbocycles. The van der Waals surface area contributed by atoms with Crippen molar-refractivity contribution < 1.29 is 4.79 Å². The molecule has 3 aromatic rings. The van der Waals surface area contributed by atoms with Gasteiger partial charge in [-0.2, -0.15) is 0 Å². The Morgan fingerprint density at radius 2 is 2.07 bits per heavy atom. The van der Waals surface area contributed by atoms with Crippen molar-refractivity contribution in [1.29, 1.82) is 0 Å². The molecule has 0 radical (unpaired) electrons. The summed E-state index contributed by atoms with van der Waals surface area (Å²) in [6, 6.07) is 3.63. The summed E-state index contributed by atoms with van der Waals surface area (Å²) in [5.41, 5.74) is 6.59. The second kappa shape index (κ2) is 8.04. The molecule has 30 heavy (non-hydrogen) atoms. The van der Waals surface area contributed by atoms with Crippen LogP contribution >= 0.6 is 11.3 Å². The highest BCUT2D eigenvalue weighted by Gasteiger charge is 2.23. The van der Waals surface area contributed by atoms with Crippen LogP contribution in [0.5, 0.6) is 0 Å². The third-order valence-corrected chi connectivity index (χ3v) is 6.64. The minimum atomic E-state index is -0.733. The summed E-state index contributed by atoms with van der Waals surface area (Å²) >= 11 is 1.33. The van der Waals surface area contributed by atoms with Gasteiger partial charge in [-0.15, -0.1) is 11.3 Å². The average molecular weight is 424 g/mol. The maximum absolute atomic E-state index is 13.1. The van der Waals surface area contributed by atoms with E-state index in [1.165, 1.54) is 11.3 Å². The van der Waals surface area contributed by atoms with Gasteiger partial charge in [0.2, 0.25) is 5.43 Å². The number of nitrogens with zero attached hydrogens (tertiary/aromatic N) is 4. The number of rotatable bonds is 4. The van der Waals surface area contributed by atoms with Gasteiger partial charge in [0, 0.05) is 19.6 Å². The molecule has 4 heterocycles. The molecule has 0 aromatic carbocycles. The molecule has 2 N–H and O–H groups in total. The number of amides is 1. The molecule has 0 atom stereocenters. The van der Waals surface area contributed by atoms with Crippen LogP contribution in [0, 0.1) is 0 Å². The molecular formula is C22H25N5O2S. The molecule has 1 fully saturated rings. The van der Waals surface area contributed by atoms with Crippen LogP contribution < -0.4 is 16.1 Å². The van der Waals surface area contributed by atoms with Crippen molar-refractivity contribution >= 4 is 51.1 Å². The average Bonchev–Trinajstić information content (AvgIpc) is 2.93. The van der Waals surface area contributed by atoms with E-state index in [1.54, 1.807) is 12.1 Å². The molecule has 0 bridgehead atoms. The zero-order valence-corrected chi connectivity index (χ0v) is 18.0. The first-order valence-electron chi connectivity index (χ1n) is 9.97. The summed E-state index contributed by atoms with van der Waals surface area (Å²) in [5, 5.41) is 0.385. The molecule has 0 spiro atoms. The highest BCUT2D eigenvalue weighted by Crippen LogP contribution is 2.31. The Labute approximate surface area is 178 Å². The fraction of sp³-hybridized carbons (Fsp3) is 0.318. The molecule has 0 aliphatic carbocycles. The number of allylic oxidation sites excluding steroid dienone is 1. The third-order valence-electron chi connectivity index (χ3n) is 5.46. The second-order valence-corrected chi connectivity index (χ2v) is 8.48. The Kier molecular flexibility index (Phi) is 5.44. The number of fused-ring (bicyclic) bond motifs is 3. The molecule has 0 unspecified atom stereocenters. The summed E-state index contributed by atoms with van der Waals surface area (Å²) in [4.78, 5) is 36.1. The molecule has 3 aromatic heterocycles. The first-order chi connectivity index (χ1) is 14.5. The zero-order valence-electron chi connectivity index (χ0n) is 17.2. The standard InChI is InChI=1S/C22H25N5O2S/c1-4-7-15-16(5-2)30-22-18(20(23)29)19(28)14-8-9-17(24-21(14)27(15)22)26-11-6-10-25(3)12-13-26/h4-5,7-9H,2,6,10-13H2,1,3H3,(H2,23,29)/b7-4-. The van der Waals surface area contributed by atoms with Gasteiger partial charge in [-0.25, -0.2) is 4.98 Å². The molecule has 8 heteroatoms. The van der Waals surface area contributed by atoms with Gasteiger partial charge in [-0.05, 0) is 51.2 Å². The summed E-state index contributed by atoms with van der Waals surface area (Å²) in [5.74, 6) is 0.0959. The van der Waals surface area contributed by atoms with Crippen molar-refractivity contribution in [2.45, 2.75) is 13.3 Å². The number of aromatic nitrogens is 2. The van der Waals surface area contributed by atoms with Crippen LogP contribution in [-0.4, -0.2) is 53.4 Å². The number of likely N-dealkylation sites (N-methyl/N-ethyl adjacent to an activating group) is 1. The molecule has 156 valence electrons. The van der Waals surface area contributed by atoms with Crippen LogP contribution in [0.25, 0.3) is 28.0 Å². The Morgan fingerprint density at radius 1 is 1.27 bits per heavy atom. The quantitative estimate of drug-likeness (QED) is 0.698. The fourth-order valence-corrected chi connectivity index (χ4v) is 5.07. The van der Waals surface area contributed by atoms with Gasteiger partial charge in [0.25, 0.3) is 5.91 Å². The Bertz CT molecular complexity index is 1240. The molecular weight excluding hydrogens is 398 g/mol. The van der Waals surface area contributed by atoms with Crippen molar-refractivity contribution in [1.82, 2.24) is 14.3 Å². The number of carbonyl (C=O) groups excluding carboxylic acids is 1. The Morgan fingerprint density at radius 3 is 2.77 bits per heavy atom. The number of primary amides is 1. The van der Waals surface area contributed by atoms with Crippen LogP contribution in [-0.2, 0) is 0 Å². The van der Waals surface area contributed by atoms with E-state index < -0.39 is 5.91 Å². The lowest BCUT2D eigenvalue weighted by Gasteiger charge is -2.22. The SMILES string of the molecule is C=Cc1sc2c(C(N)=O)c(=O)c3ccc(N4CCCN(C)CC4)nc3n2c1/C=C\C. The van der Waals surface area contributed by atoms with Crippen LogP contribution in [0.1, 0.15) is 34.3 Å². The lowest BCUT2D eigenvalue weighted by Crippen LogP contribution is -2.29. The molecule has 4 rings (SSSR count). The summed E-state index contributed by atoms with van der Waals surface area (Å²) in [6.07, 6.45) is 6.62. The fourth-order valence-electron chi connectivity index (χ4n) is 3.94. The number of hydrogen-bond donors (Lipinski definition) is 1. The van der Waals surface area contributed by atoms with Crippen molar-refractivity contribution in [3.8, 4) is 0 Å². The summed E-state index contributed by atoms with van der Waals surface area (Å²) in [6.45, 7) is 9.59. The zero-order chi connectivity index (χ0) is 21.4. The summed E-state index contributed by atoms with van der Waals surface area (Å²) in [7, 11) is 2.12. The number of hydrogen-bond acceptors (Lipinski definition) is 6. The van der Waals surface area contributed by atoms with Crippen LogP contribution in [0.15, 0.2) is 29.6 Å². The molecule has 1 amide bonds. The minimum absolute atomic E-state index is 0.00250. The summed E-state index contributed by atoms with van der Waals surface area (Å²) < 4.78 is 1.87. The van der Waals surface area contributed by atoms with E-state index >= 15 is 0 Å². The number of pyridine rings is 2. The molecule has 7 nitrogen and oxygen atoms in total. The smallest absolute Gasteiger partial charge is 0.255 e. The van der Waals surface area contributed by atoms with Crippen molar-refractivity contribution in [2.24, 2.45) is 5.73 Å². The first kappa shape index (κ1) is 20.3. The second-order valence-electron chi connectivity index (χ2n) is 7.45. The topological polar surface area (TPSA) is 83.9 Å². The molecule has 1 aliphatic heterocycles. The van der Waals surface area contributed by atoms with Crippen LogP contribution in [0.4, 0.5) is 5.82 Å². The monoisotopic (exact) mass is 423 g/mol. The van der Waals surface area contributed by atoms with E-state index in [2.05, 4.69) is 23.4 Å². The van der Waals surface area contributed by atoms with Gasteiger partial charge in [-0.3, -0.25) is 14.0 Å². The molecule has 1 aliphatic rings. The predicted octanol–water partition coefficient (Wildman–Crippen LogP) is 2.83. The van der Waals surface area contributed by atoms with Crippen molar-refractivity contribution in [2.75, 3.05) is 38.1 Å². The van der Waals surface area contributed by atoms with Gasteiger partial charge in [0.1, 0.15) is 16.2 Å². The van der Waals surface area contributed by atoms with E-state index in [0.29, 0.717) is 15.9 Å². The van der Waals surface area contributed by atoms with Crippen molar-refractivity contribution in [3.05, 3.63) is 51.1 Å². The maximum atomic E-state index is 13.1. The highest BCUT2D eigenvalue weighted by molar-refractivity contribution is 7.18. The minimum Gasteiger partial charge on any atom is -0.365 e. The van der Waals surface area contributed by atoms with E-state index in [9.17, 15) is 9.59 Å². The number of anilines is 1. The maximum Gasteiger partial charge on any atom is 0.255 e. The first-order valence-corrected chi connectivity index (χ1v) is 10.8. The Hall–Kier alpha value is -2.97. The van der Waals surface area contributed by atoms with E-state index in [1.807, 2.05) is 29.5 Å². The van der Waals surface area contributed by atoms with Crippen LogP contribution in [0.2, 0.25) is 0 Å². The van der Waals surface area contributed by atoms with Gasteiger partial charge < -0.3 is 15.5 Å². The van der Waals surface area contributed by atoms with Gasteiger partial charge in [-0.1, -0.05) is 12.7 Å². The van der Waals surface area contributed by atoms with Crippen LogP contribution in [0.3, 0.4) is 0 Å².